The monoisotopic (exact) mass is 429 g/mol. The Balaban J connectivity index is 1.52. The molecule has 9 nitrogen and oxygen atoms in total. The first kappa shape index (κ1) is 21.0. The van der Waals surface area contributed by atoms with Gasteiger partial charge in [0.25, 0.3) is 5.91 Å². The zero-order chi connectivity index (χ0) is 22.7. The Morgan fingerprint density at radius 2 is 1.59 bits per heavy atom. The molecule has 0 radical (unpaired) electrons. The number of rotatable bonds is 6. The maximum Gasteiger partial charge on any atom is 0.291 e. The number of nitrogens with one attached hydrogen (secondary N) is 2. The fraction of sp³-hybridized carbons (Fsp3) is 0.174. The summed E-state index contributed by atoms with van der Waals surface area (Å²) in [5, 5.41) is 14.1. The van der Waals surface area contributed by atoms with Crippen molar-refractivity contribution in [2.45, 2.75) is 13.8 Å². The maximum atomic E-state index is 12.7. The Bertz CT molecular complexity index is 1200. The van der Waals surface area contributed by atoms with Gasteiger partial charge in [-0.05, 0) is 26.0 Å². The summed E-state index contributed by atoms with van der Waals surface area (Å²) in [5.74, 6) is -0.378. The molecule has 4 rings (SSSR count). The predicted octanol–water partition coefficient (Wildman–Crippen LogP) is 2.65. The lowest BCUT2D eigenvalue weighted by molar-refractivity contribution is -0.115. The van der Waals surface area contributed by atoms with Crippen molar-refractivity contribution in [2.24, 2.45) is 7.05 Å². The number of aromatic nitrogens is 5. The van der Waals surface area contributed by atoms with E-state index >= 15 is 0 Å². The molecule has 0 aliphatic carbocycles. The number of hydrogen-bond acceptors (Lipinski definition) is 5. The van der Waals surface area contributed by atoms with Crippen molar-refractivity contribution in [3.05, 3.63) is 77.9 Å². The van der Waals surface area contributed by atoms with E-state index in [0.29, 0.717) is 17.2 Å². The summed E-state index contributed by atoms with van der Waals surface area (Å²) in [5.41, 5.74) is 3.78. The van der Waals surface area contributed by atoms with E-state index in [1.54, 1.807) is 16.4 Å². The van der Waals surface area contributed by atoms with Crippen LogP contribution in [0.4, 0.5) is 5.69 Å². The minimum absolute atomic E-state index is 0.0192. The van der Waals surface area contributed by atoms with Gasteiger partial charge in [-0.1, -0.05) is 48.5 Å². The first-order valence-electron chi connectivity index (χ1n) is 10.1. The van der Waals surface area contributed by atoms with E-state index in [2.05, 4.69) is 25.8 Å². The smallest absolute Gasteiger partial charge is 0.291 e. The van der Waals surface area contributed by atoms with Gasteiger partial charge in [0.15, 0.2) is 5.82 Å². The molecule has 4 aromatic rings. The van der Waals surface area contributed by atoms with Crippen molar-refractivity contribution >= 4 is 17.5 Å². The molecule has 0 aliphatic rings. The molecule has 0 saturated heterocycles. The summed E-state index contributed by atoms with van der Waals surface area (Å²) in [6.07, 6.45) is 0. The van der Waals surface area contributed by atoms with Crippen molar-refractivity contribution in [1.29, 1.82) is 0 Å². The van der Waals surface area contributed by atoms with Gasteiger partial charge in [0.2, 0.25) is 11.7 Å². The van der Waals surface area contributed by atoms with Crippen LogP contribution in [0.3, 0.4) is 0 Å². The first-order chi connectivity index (χ1) is 15.4. The Morgan fingerprint density at radius 3 is 2.22 bits per heavy atom. The summed E-state index contributed by atoms with van der Waals surface area (Å²) in [7, 11) is 1.80. The number of nitrogens with zero attached hydrogens (tertiary/aromatic N) is 5. The average Bonchev–Trinajstić information content (AvgIpc) is 3.36. The van der Waals surface area contributed by atoms with Crippen LogP contribution in [0.5, 0.6) is 0 Å². The number of hydrogen-bond donors (Lipinski definition) is 2. The number of carbonyl (C=O) groups is 2. The van der Waals surface area contributed by atoms with Crippen LogP contribution in [0, 0.1) is 13.8 Å². The SMILES string of the molecule is Cc1nn(C)c(C)c1NC(=O)CNC(=O)c1nc(-c2ccccc2)n(-c2ccccc2)n1. The quantitative estimate of drug-likeness (QED) is 0.490. The molecular formula is C23H23N7O2. The van der Waals surface area contributed by atoms with Gasteiger partial charge in [0.05, 0.1) is 29.3 Å². The van der Waals surface area contributed by atoms with Gasteiger partial charge in [-0.15, -0.1) is 5.10 Å². The predicted molar refractivity (Wildman–Crippen MR) is 120 cm³/mol. The van der Waals surface area contributed by atoms with Crippen LogP contribution in [-0.4, -0.2) is 42.9 Å². The maximum absolute atomic E-state index is 12.7. The van der Waals surface area contributed by atoms with E-state index in [0.717, 1.165) is 16.9 Å². The van der Waals surface area contributed by atoms with Gasteiger partial charge < -0.3 is 10.6 Å². The Hall–Kier alpha value is -4.27. The normalized spacial score (nSPS) is 10.7. The zero-order valence-electron chi connectivity index (χ0n) is 18.0. The molecule has 2 aromatic carbocycles. The number of amides is 2. The molecular weight excluding hydrogens is 406 g/mol. The first-order valence-corrected chi connectivity index (χ1v) is 10.1. The molecule has 0 fully saturated rings. The Morgan fingerprint density at radius 1 is 0.938 bits per heavy atom. The number of carbonyl (C=O) groups excluding carboxylic acids is 2. The highest BCUT2D eigenvalue weighted by molar-refractivity contribution is 5.98. The highest BCUT2D eigenvalue weighted by Crippen LogP contribution is 2.21. The van der Waals surface area contributed by atoms with Gasteiger partial charge in [-0.2, -0.15) is 5.10 Å². The molecule has 0 saturated carbocycles. The standard InChI is InChI=1S/C23H23N7O2/c1-15-20(16(2)29(3)27-15)25-19(31)14-24-23(32)21-26-22(17-10-6-4-7-11-17)30(28-21)18-12-8-5-9-13-18/h4-13H,14H2,1-3H3,(H,24,32)(H,25,31). The summed E-state index contributed by atoms with van der Waals surface area (Å²) >= 11 is 0. The van der Waals surface area contributed by atoms with Crippen molar-refractivity contribution < 1.29 is 9.59 Å². The van der Waals surface area contributed by atoms with E-state index < -0.39 is 5.91 Å². The van der Waals surface area contributed by atoms with Crippen molar-refractivity contribution in [3.63, 3.8) is 0 Å². The Labute approximate surface area is 185 Å². The van der Waals surface area contributed by atoms with Crippen LogP contribution in [0.1, 0.15) is 22.0 Å². The van der Waals surface area contributed by atoms with Gasteiger partial charge in [-0.3, -0.25) is 14.3 Å². The second-order valence-corrected chi connectivity index (χ2v) is 7.27. The van der Waals surface area contributed by atoms with E-state index in [4.69, 9.17) is 0 Å². The zero-order valence-corrected chi connectivity index (χ0v) is 18.0. The Kier molecular flexibility index (Phi) is 5.80. The highest BCUT2D eigenvalue weighted by Gasteiger charge is 2.20. The molecule has 2 aromatic heterocycles. The minimum atomic E-state index is -0.536. The van der Waals surface area contributed by atoms with Gasteiger partial charge in [0, 0.05) is 12.6 Å². The second kappa shape index (κ2) is 8.84. The second-order valence-electron chi connectivity index (χ2n) is 7.27. The molecule has 0 unspecified atom stereocenters. The summed E-state index contributed by atoms with van der Waals surface area (Å²) < 4.78 is 3.31. The summed E-state index contributed by atoms with van der Waals surface area (Å²) in [4.78, 5) is 29.5. The van der Waals surface area contributed by atoms with Crippen LogP contribution in [-0.2, 0) is 11.8 Å². The number of anilines is 1. The van der Waals surface area contributed by atoms with E-state index in [9.17, 15) is 9.59 Å². The van der Waals surface area contributed by atoms with Crippen molar-refractivity contribution in [1.82, 2.24) is 29.9 Å². The average molecular weight is 429 g/mol. The van der Waals surface area contributed by atoms with E-state index in [1.807, 2.05) is 74.5 Å². The van der Waals surface area contributed by atoms with Crippen molar-refractivity contribution in [3.8, 4) is 17.1 Å². The fourth-order valence-electron chi connectivity index (χ4n) is 3.31. The third kappa shape index (κ3) is 4.27. The largest absolute Gasteiger partial charge is 0.340 e. The minimum Gasteiger partial charge on any atom is -0.340 e. The third-order valence-electron chi connectivity index (χ3n) is 5.03. The number of para-hydroxylation sites is 1. The van der Waals surface area contributed by atoms with Crippen LogP contribution < -0.4 is 10.6 Å². The molecule has 162 valence electrons. The fourth-order valence-corrected chi connectivity index (χ4v) is 3.31. The van der Waals surface area contributed by atoms with Crippen LogP contribution in [0.2, 0.25) is 0 Å². The van der Waals surface area contributed by atoms with Crippen LogP contribution in [0.25, 0.3) is 17.1 Å². The lowest BCUT2D eigenvalue weighted by Gasteiger charge is -2.06. The lowest BCUT2D eigenvalue weighted by atomic mass is 10.2. The van der Waals surface area contributed by atoms with Crippen molar-refractivity contribution in [2.75, 3.05) is 11.9 Å². The number of aryl methyl sites for hydroxylation is 2. The van der Waals surface area contributed by atoms with E-state index in [-0.39, 0.29) is 18.3 Å². The molecule has 2 amide bonds. The van der Waals surface area contributed by atoms with Crippen LogP contribution >= 0.6 is 0 Å². The van der Waals surface area contributed by atoms with E-state index in [1.165, 1.54) is 0 Å². The van der Waals surface area contributed by atoms with Gasteiger partial charge in [0.1, 0.15) is 0 Å². The summed E-state index contributed by atoms with van der Waals surface area (Å²) in [6, 6.07) is 18.9. The highest BCUT2D eigenvalue weighted by atomic mass is 16.2. The molecule has 0 atom stereocenters. The molecule has 2 heterocycles. The topological polar surface area (TPSA) is 107 Å². The molecule has 0 bridgehead atoms. The lowest BCUT2D eigenvalue weighted by Crippen LogP contribution is -2.33. The van der Waals surface area contributed by atoms with Crippen LogP contribution in [0.15, 0.2) is 60.7 Å². The molecule has 2 N–H and O–H groups in total. The molecule has 32 heavy (non-hydrogen) atoms. The summed E-state index contributed by atoms with van der Waals surface area (Å²) in [6.45, 7) is 3.46. The third-order valence-corrected chi connectivity index (χ3v) is 5.03. The molecule has 9 heteroatoms. The molecule has 0 aliphatic heterocycles. The van der Waals surface area contributed by atoms with Gasteiger partial charge in [-0.25, -0.2) is 9.67 Å². The molecule has 0 spiro atoms. The van der Waals surface area contributed by atoms with Gasteiger partial charge >= 0.3 is 0 Å². The number of benzene rings is 2.